The first-order chi connectivity index (χ1) is 16.9. The summed E-state index contributed by atoms with van der Waals surface area (Å²) in [5, 5.41) is 8.68. The Bertz CT molecular complexity index is 1280. The fourth-order valence-corrected chi connectivity index (χ4v) is 6.72. The van der Waals surface area contributed by atoms with Crippen LogP contribution in [0.5, 0.6) is 0 Å². The van der Waals surface area contributed by atoms with Gasteiger partial charge in [0.2, 0.25) is 0 Å². The summed E-state index contributed by atoms with van der Waals surface area (Å²) in [7, 11) is 0. The van der Waals surface area contributed by atoms with Crippen molar-refractivity contribution in [3.05, 3.63) is 64.5 Å². The first-order valence-corrected chi connectivity index (χ1v) is 22.0. The van der Waals surface area contributed by atoms with E-state index in [0.717, 1.165) is 9.65 Å². The van der Waals surface area contributed by atoms with Crippen LogP contribution in [-0.4, -0.2) is 53.2 Å². The number of nitrogens with one attached hydrogen (secondary N) is 2. The van der Waals surface area contributed by atoms with Gasteiger partial charge in [0.25, 0.3) is 0 Å². The number of ether oxygens (including phenoxy) is 2. The van der Waals surface area contributed by atoms with Gasteiger partial charge in [-0.1, -0.05) is 0 Å². The fourth-order valence-electron chi connectivity index (χ4n) is 3.36. The summed E-state index contributed by atoms with van der Waals surface area (Å²) in [4.78, 5) is 32.0. The summed E-state index contributed by atoms with van der Waals surface area (Å²) < 4.78 is 26.4. The molecule has 1 aliphatic rings. The molecule has 0 spiro atoms. The maximum atomic E-state index is 14.3. The van der Waals surface area contributed by atoms with Crippen LogP contribution in [0.3, 0.4) is 0 Å². The Labute approximate surface area is 221 Å². The second-order valence-electron chi connectivity index (χ2n) is 11.9. The molecule has 0 saturated carbocycles. The molecule has 1 heterocycles. The molecule has 37 heavy (non-hydrogen) atoms. The van der Waals surface area contributed by atoms with E-state index in [-0.39, 0.29) is 11.4 Å². The fraction of sp³-hybridized carbons (Fsp3) is 0.407. The van der Waals surface area contributed by atoms with Crippen molar-refractivity contribution >= 4 is 45.6 Å². The van der Waals surface area contributed by atoms with Gasteiger partial charge in [0, 0.05) is 0 Å². The van der Waals surface area contributed by atoms with Crippen LogP contribution in [-0.2, 0) is 9.47 Å². The summed E-state index contributed by atoms with van der Waals surface area (Å²) in [6.07, 6.45) is 0. The van der Waals surface area contributed by atoms with Crippen LogP contribution in [0.4, 0.5) is 4.39 Å². The van der Waals surface area contributed by atoms with E-state index in [1.54, 1.807) is 26.8 Å². The zero-order valence-electron chi connectivity index (χ0n) is 22.9. The maximum absolute atomic E-state index is 14.3. The quantitative estimate of drug-likeness (QED) is 0.379. The molecule has 0 saturated heterocycles. The molecule has 0 aromatic heterocycles. The minimum atomic E-state index is -2.60. The first kappa shape index (κ1) is 28.6. The van der Waals surface area contributed by atoms with Crippen molar-refractivity contribution < 1.29 is 23.5 Å². The Kier molecular flexibility index (Phi) is 8.07. The standard InChI is InChI=1S/C24H26FN4O4.3CH3.Sn/c1-23(2,3)32-21(30)15-9-7-8-14(10-15)19-26-28-20(29-27-19)16-11-17(13-18(25)12-16)22(31)33-24(4,5)6;;;;/h8-13H,1-6H3,(H,26,27)(H,28,29);3*1H3;. The molecule has 2 aromatic carbocycles. The number of benzene rings is 2. The number of hydrogen-bond acceptors (Lipinski definition) is 8. The number of carbonyl (C=O) groups excluding carboxylic acids is 2. The number of rotatable bonds is 5. The minimum absolute atomic E-state index is 0.0663. The molecule has 0 aliphatic carbocycles. The molecule has 3 rings (SSSR count). The Balaban J connectivity index is 1.90. The van der Waals surface area contributed by atoms with Crippen LogP contribution in [0, 0.1) is 5.82 Å². The topological polar surface area (TPSA) is 101 Å². The van der Waals surface area contributed by atoms with Crippen molar-refractivity contribution in [1.82, 2.24) is 10.9 Å². The van der Waals surface area contributed by atoms with E-state index in [0.29, 0.717) is 22.5 Å². The summed E-state index contributed by atoms with van der Waals surface area (Å²) in [6.45, 7) is 10.7. The molecule has 0 bridgehead atoms. The monoisotopic (exact) mass is 618 g/mol. The summed E-state index contributed by atoms with van der Waals surface area (Å²) in [5.41, 5.74) is 5.89. The van der Waals surface area contributed by atoms with E-state index in [1.165, 1.54) is 12.1 Å². The molecule has 0 amide bonds. The van der Waals surface area contributed by atoms with Crippen LogP contribution < -0.4 is 14.4 Å². The number of hydrogen-bond donors (Lipinski definition) is 2. The second-order valence-corrected chi connectivity index (χ2v) is 26.4. The third-order valence-corrected chi connectivity index (χ3v) is 10.8. The molecular weight excluding hydrogens is 582 g/mol. The predicted molar refractivity (Wildman–Crippen MR) is 146 cm³/mol. The summed E-state index contributed by atoms with van der Waals surface area (Å²) in [6, 6.07) is 9.49. The number of esters is 2. The summed E-state index contributed by atoms with van der Waals surface area (Å²) >= 11 is -2.60. The average Bonchev–Trinajstić information content (AvgIpc) is 2.75. The number of carbonyl (C=O) groups is 2. The number of halogens is 1. The third kappa shape index (κ3) is 8.01. The molecule has 2 N–H and O–H groups in total. The molecule has 198 valence electrons. The van der Waals surface area contributed by atoms with Gasteiger partial charge < -0.3 is 0 Å². The SMILES string of the molecule is CC(C)(C)OC(=O)c1cc(F)cc(C2=NNC(c3cc(C(=O)OC(C)(C)C)c[c]([Sn]([CH3])([CH3])[CH3])c3)=NN2)c1. The molecule has 2 aromatic rings. The first-order valence-electron chi connectivity index (χ1n) is 12.0. The van der Waals surface area contributed by atoms with Crippen LogP contribution in [0.1, 0.15) is 73.4 Å². The Morgan fingerprint density at radius 1 is 0.730 bits per heavy atom. The van der Waals surface area contributed by atoms with Gasteiger partial charge in [-0.25, -0.2) is 0 Å². The van der Waals surface area contributed by atoms with E-state index < -0.39 is 47.3 Å². The van der Waals surface area contributed by atoms with Crippen LogP contribution >= 0.6 is 0 Å². The van der Waals surface area contributed by atoms with Gasteiger partial charge in [-0.05, 0) is 20.8 Å². The van der Waals surface area contributed by atoms with Crippen molar-refractivity contribution in [1.29, 1.82) is 0 Å². The van der Waals surface area contributed by atoms with Gasteiger partial charge >= 0.3 is 196 Å². The van der Waals surface area contributed by atoms with Crippen molar-refractivity contribution in [2.75, 3.05) is 0 Å². The van der Waals surface area contributed by atoms with Gasteiger partial charge in [0.1, 0.15) is 5.60 Å². The van der Waals surface area contributed by atoms with Crippen molar-refractivity contribution in [3.8, 4) is 0 Å². The zero-order chi connectivity index (χ0) is 27.8. The Hall–Kier alpha value is -2.95. The molecule has 0 fully saturated rings. The number of amidine groups is 2. The van der Waals surface area contributed by atoms with Gasteiger partial charge in [0.15, 0.2) is 0 Å². The second kappa shape index (κ2) is 10.4. The third-order valence-electron chi connectivity index (χ3n) is 5.06. The molecular formula is C27H35FN4O4Sn. The zero-order valence-corrected chi connectivity index (χ0v) is 25.7. The molecule has 0 atom stereocenters. The Morgan fingerprint density at radius 3 is 1.57 bits per heavy atom. The van der Waals surface area contributed by atoms with Crippen molar-refractivity contribution in [3.63, 3.8) is 0 Å². The van der Waals surface area contributed by atoms with E-state index in [1.807, 2.05) is 32.9 Å². The molecule has 0 radical (unpaired) electrons. The van der Waals surface area contributed by atoms with Gasteiger partial charge in [-0.3, -0.25) is 0 Å². The molecule has 8 nitrogen and oxygen atoms in total. The van der Waals surface area contributed by atoms with E-state index in [9.17, 15) is 14.0 Å². The van der Waals surface area contributed by atoms with Crippen LogP contribution in [0.2, 0.25) is 14.8 Å². The van der Waals surface area contributed by atoms with E-state index in [2.05, 4.69) is 35.9 Å². The van der Waals surface area contributed by atoms with Crippen LogP contribution in [0.15, 0.2) is 46.6 Å². The number of nitrogens with zero attached hydrogens (tertiary/aromatic N) is 2. The normalized spacial score (nSPS) is 14.1. The van der Waals surface area contributed by atoms with Crippen LogP contribution in [0.25, 0.3) is 0 Å². The van der Waals surface area contributed by atoms with Gasteiger partial charge in [-0.2, -0.15) is 0 Å². The Morgan fingerprint density at radius 2 is 1.16 bits per heavy atom. The molecule has 1 aliphatic heterocycles. The average molecular weight is 617 g/mol. The summed E-state index contributed by atoms with van der Waals surface area (Å²) in [5.74, 6) is -1.03. The number of hydrazone groups is 2. The predicted octanol–water partition coefficient (Wildman–Crippen LogP) is 4.50. The van der Waals surface area contributed by atoms with E-state index >= 15 is 0 Å². The molecule has 10 heteroatoms. The van der Waals surface area contributed by atoms with Gasteiger partial charge in [0.05, 0.1) is 0 Å². The van der Waals surface area contributed by atoms with Gasteiger partial charge in [-0.15, -0.1) is 0 Å². The van der Waals surface area contributed by atoms with E-state index in [4.69, 9.17) is 9.47 Å². The van der Waals surface area contributed by atoms with Crippen molar-refractivity contribution in [2.24, 2.45) is 10.2 Å². The molecule has 0 unspecified atom stereocenters. The van der Waals surface area contributed by atoms with Crippen molar-refractivity contribution in [2.45, 2.75) is 67.6 Å².